The molecule has 0 aliphatic carbocycles. The number of aryl methyl sites for hydroxylation is 1. The van der Waals surface area contributed by atoms with Crippen LogP contribution in [0.5, 0.6) is 0 Å². The van der Waals surface area contributed by atoms with Gasteiger partial charge in [-0.3, -0.25) is 18.9 Å². The summed E-state index contributed by atoms with van der Waals surface area (Å²) in [6.07, 6.45) is -3.75. The van der Waals surface area contributed by atoms with Crippen LogP contribution in [-0.2, 0) is 20.9 Å². The van der Waals surface area contributed by atoms with Crippen LogP contribution in [0.3, 0.4) is 0 Å². The summed E-state index contributed by atoms with van der Waals surface area (Å²) in [6, 6.07) is 0. The van der Waals surface area contributed by atoms with Gasteiger partial charge in [0.05, 0.1) is 13.7 Å². The van der Waals surface area contributed by atoms with Crippen LogP contribution in [0.2, 0.25) is 0 Å². The summed E-state index contributed by atoms with van der Waals surface area (Å²) in [6.45, 7) is 4.07. The number of rotatable bonds is 7. The number of nitrogens with one attached hydrogen (secondary N) is 1. The van der Waals surface area contributed by atoms with Gasteiger partial charge in [-0.25, -0.2) is 9.13 Å². The summed E-state index contributed by atoms with van der Waals surface area (Å²) in [5.74, 6) is 0.652. The Morgan fingerprint density at radius 1 is 1.40 bits per heavy atom. The Bertz CT molecular complexity index is 1020. The highest BCUT2D eigenvalue weighted by atomic mass is 31.2. The number of anilines is 1. The fourth-order valence-electron chi connectivity index (χ4n) is 3.51. The predicted octanol–water partition coefficient (Wildman–Crippen LogP) is -1.63. The highest BCUT2D eigenvalue weighted by Gasteiger charge is 2.47. The zero-order valence-corrected chi connectivity index (χ0v) is 17.9. The number of fused-ring (bicyclic) bond motifs is 1. The Balaban J connectivity index is 1.98. The first-order valence-electron chi connectivity index (χ1n) is 9.32. The van der Waals surface area contributed by atoms with Crippen molar-refractivity contribution in [1.82, 2.24) is 14.5 Å². The molecule has 2 aromatic rings. The number of phosphoric acid groups is 1. The van der Waals surface area contributed by atoms with Crippen molar-refractivity contribution in [2.45, 2.75) is 38.4 Å². The van der Waals surface area contributed by atoms with Crippen molar-refractivity contribution in [3.8, 4) is 0 Å². The van der Waals surface area contributed by atoms with Crippen molar-refractivity contribution in [2.24, 2.45) is 13.0 Å². The summed E-state index contributed by atoms with van der Waals surface area (Å²) in [4.78, 5) is 39.4. The van der Waals surface area contributed by atoms with Crippen LogP contribution in [0.15, 0.2) is 11.1 Å². The minimum atomic E-state index is -4.77. The Morgan fingerprint density at radius 2 is 2.07 bits per heavy atom. The highest BCUT2D eigenvalue weighted by molar-refractivity contribution is 7.46. The third-order valence-corrected chi connectivity index (χ3v) is 5.26. The average molecular weight is 448 g/mol. The molecule has 4 atom stereocenters. The predicted molar refractivity (Wildman–Crippen MR) is 104 cm³/mol. The number of aliphatic hydroxyl groups excluding tert-OH is 2. The maximum atomic E-state index is 12.6. The van der Waals surface area contributed by atoms with E-state index in [0.717, 1.165) is 0 Å². The van der Waals surface area contributed by atoms with Crippen molar-refractivity contribution < 1.29 is 38.4 Å². The lowest BCUT2D eigenvalue weighted by atomic mass is 10.1. The summed E-state index contributed by atoms with van der Waals surface area (Å²) in [5, 5.41) is 20.7. The number of aliphatic hydroxyl groups is 2. The van der Waals surface area contributed by atoms with Gasteiger partial charge >= 0.3 is 13.5 Å². The van der Waals surface area contributed by atoms with Crippen LogP contribution in [0, 0.1) is 5.92 Å². The maximum absolute atomic E-state index is 12.6. The Kier molecular flexibility index (Phi) is 6.35. The van der Waals surface area contributed by atoms with E-state index >= 15 is 0 Å². The monoisotopic (exact) mass is 448 g/mol. The van der Waals surface area contributed by atoms with Crippen LogP contribution in [0.1, 0.15) is 20.1 Å². The molecule has 1 aliphatic heterocycles. The van der Waals surface area contributed by atoms with Gasteiger partial charge in [0, 0.05) is 13.6 Å². The maximum Gasteiger partial charge on any atom is 0.469 e. The van der Waals surface area contributed by atoms with Crippen molar-refractivity contribution in [3.05, 3.63) is 16.7 Å². The first kappa shape index (κ1) is 22.8. The molecule has 3 rings (SSSR count). The smallest absolute Gasteiger partial charge is 0.387 e. The largest absolute Gasteiger partial charge is 0.469 e. The summed E-state index contributed by atoms with van der Waals surface area (Å²) < 4.78 is 23.9. The molecule has 0 bridgehead atoms. The standard InChI is InChI=1S/C16H26N5O8P/c1-8(2)5-19(3)16-17-13-10(14(24)18-16)20(4)7-21(13)15-12(23)11(22)9(29-15)6-28-30(25,26)27/h7-9,11-12,15,22-23H,5-6H2,1-4H3,(H2-,17,18,24,25,26,27)/p+1/t9-,11-,12-,15-/m1/s1. The fraction of sp³-hybridized carbons (Fsp3) is 0.688. The molecule has 30 heavy (non-hydrogen) atoms. The highest BCUT2D eigenvalue weighted by Crippen LogP contribution is 2.37. The third kappa shape index (κ3) is 4.57. The van der Waals surface area contributed by atoms with E-state index in [1.807, 2.05) is 13.8 Å². The van der Waals surface area contributed by atoms with Gasteiger partial charge in [-0.15, -0.1) is 0 Å². The molecule has 1 saturated heterocycles. The molecule has 13 nitrogen and oxygen atoms in total. The molecule has 1 fully saturated rings. The van der Waals surface area contributed by atoms with Gasteiger partial charge in [0.15, 0.2) is 6.33 Å². The van der Waals surface area contributed by atoms with Crippen LogP contribution in [0.4, 0.5) is 5.95 Å². The topological polar surface area (TPSA) is 174 Å². The van der Waals surface area contributed by atoms with Crippen molar-refractivity contribution >= 4 is 24.9 Å². The average Bonchev–Trinajstić information content (AvgIpc) is 3.10. The molecule has 5 N–H and O–H groups in total. The molecule has 0 unspecified atom stereocenters. The van der Waals surface area contributed by atoms with E-state index in [1.165, 1.54) is 15.5 Å². The second kappa shape index (κ2) is 8.35. The SMILES string of the molecule is CC(C)CN(C)c1nc2c(c(=O)[nH]1)n(C)c[n+]2[C@@H]1O[C@H](COP(=O)(O)O)[C@@H](O)[C@H]1O. The number of H-pyrrole nitrogens is 1. The minimum Gasteiger partial charge on any atom is -0.387 e. The molecule has 0 saturated carbocycles. The number of nitrogens with zero attached hydrogens (tertiary/aromatic N) is 4. The van der Waals surface area contributed by atoms with E-state index in [-0.39, 0.29) is 16.7 Å². The molecule has 0 amide bonds. The number of hydrogen-bond acceptors (Lipinski definition) is 8. The van der Waals surface area contributed by atoms with Crippen molar-refractivity contribution in [3.63, 3.8) is 0 Å². The van der Waals surface area contributed by atoms with Crippen LogP contribution in [0.25, 0.3) is 11.2 Å². The van der Waals surface area contributed by atoms with E-state index in [9.17, 15) is 19.6 Å². The van der Waals surface area contributed by atoms with Gasteiger partial charge in [0.1, 0.15) is 18.3 Å². The minimum absolute atomic E-state index is 0.222. The second-order valence-corrected chi connectivity index (χ2v) is 9.04. The fourth-order valence-corrected chi connectivity index (χ4v) is 3.85. The zero-order chi connectivity index (χ0) is 22.4. The Labute approximate surface area is 171 Å². The summed E-state index contributed by atoms with van der Waals surface area (Å²) in [7, 11) is -1.36. The molecular formula is C16H27N5O8P+. The van der Waals surface area contributed by atoms with E-state index in [1.54, 1.807) is 19.0 Å². The lowest BCUT2D eigenvalue weighted by Gasteiger charge is -2.17. The van der Waals surface area contributed by atoms with Gasteiger partial charge in [0.25, 0.3) is 11.5 Å². The molecule has 0 radical (unpaired) electrons. The molecular weight excluding hydrogens is 421 g/mol. The van der Waals surface area contributed by atoms with E-state index < -0.39 is 39.0 Å². The number of imidazole rings is 1. The van der Waals surface area contributed by atoms with E-state index in [4.69, 9.17) is 14.5 Å². The van der Waals surface area contributed by atoms with E-state index in [2.05, 4.69) is 14.5 Å². The van der Waals surface area contributed by atoms with E-state index in [0.29, 0.717) is 18.4 Å². The van der Waals surface area contributed by atoms with Crippen molar-refractivity contribution in [2.75, 3.05) is 25.1 Å². The van der Waals surface area contributed by atoms with Gasteiger partial charge in [0.2, 0.25) is 11.7 Å². The number of ether oxygens (including phenoxy) is 1. The van der Waals surface area contributed by atoms with Gasteiger partial charge < -0.3 is 29.6 Å². The number of aromatic amines is 1. The second-order valence-electron chi connectivity index (χ2n) is 7.80. The molecule has 2 aromatic heterocycles. The number of phosphoric ester groups is 1. The first-order chi connectivity index (χ1) is 13.9. The lowest BCUT2D eigenvalue weighted by molar-refractivity contribution is -0.745. The quantitative estimate of drug-likeness (QED) is 0.244. The first-order valence-corrected chi connectivity index (χ1v) is 10.9. The number of hydrogen-bond donors (Lipinski definition) is 5. The molecule has 168 valence electrons. The Morgan fingerprint density at radius 3 is 2.67 bits per heavy atom. The van der Waals surface area contributed by atoms with Crippen LogP contribution in [-0.4, -0.2) is 73.0 Å². The van der Waals surface area contributed by atoms with Gasteiger partial charge in [-0.1, -0.05) is 18.8 Å². The normalized spacial score (nSPS) is 24.8. The van der Waals surface area contributed by atoms with Gasteiger partial charge in [-0.05, 0) is 5.92 Å². The third-order valence-electron chi connectivity index (χ3n) is 4.78. The molecule has 0 aromatic carbocycles. The summed E-state index contributed by atoms with van der Waals surface area (Å²) in [5.41, 5.74) is 0.0674. The van der Waals surface area contributed by atoms with Crippen molar-refractivity contribution in [1.29, 1.82) is 0 Å². The Hall–Kier alpha value is -1.86. The molecule has 3 heterocycles. The molecule has 14 heteroatoms. The molecule has 0 spiro atoms. The van der Waals surface area contributed by atoms with Crippen LogP contribution >= 0.6 is 7.82 Å². The van der Waals surface area contributed by atoms with Crippen LogP contribution < -0.4 is 15.0 Å². The number of aromatic nitrogens is 4. The molecule has 1 aliphatic rings. The summed E-state index contributed by atoms with van der Waals surface area (Å²) >= 11 is 0. The zero-order valence-electron chi connectivity index (χ0n) is 17.0. The van der Waals surface area contributed by atoms with Gasteiger partial charge in [-0.2, -0.15) is 0 Å². The lowest BCUT2D eigenvalue weighted by Crippen LogP contribution is -2.46.